The number of hydrogen-bond donors (Lipinski definition) is 1. The van der Waals surface area contributed by atoms with E-state index in [1.54, 1.807) is 13.0 Å². The first-order valence-electron chi connectivity index (χ1n) is 9.80. The zero-order valence-electron chi connectivity index (χ0n) is 17.0. The zero-order valence-corrected chi connectivity index (χ0v) is 17.7. The summed E-state index contributed by atoms with van der Waals surface area (Å²) in [7, 11) is 0. The molecule has 1 aliphatic carbocycles. The number of benzene rings is 1. The van der Waals surface area contributed by atoms with Gasteiger partial charge in [-0.15, -0.1) is 0 Å². The van der Waals surface area contributed by atoms with Gasteiger partial charge in [0.1, 0.15) is 0 Å². The Kier molecular flexibility index (Phi) is 5.54. The molecule has 1 aromatic rings. The summed E-state index contributed by atoms with van der Waals surface area (Å²) in [6.07, 6.45) is -3.09. The van der Waals surface area contributed by atoms with E-state index in [0.29, 0.717) is 18.4 Å². The van der Waals surface area contributed by atoms with Crippen LogP contribution in [-0.4, -0.2) is 33.6 Å². The van der Waals surface area contributed by atoms with Crippen molar-refractivity contribution in [3.05, 3.63) is 34.3 Å². The second-order valence-corrected chi connectivity index (χ2v) is 9.17. The lowest BCUT2D eigenvalue weighted by atomic mass is 9.64. The van der Waals surface area contributed by atoms with E-state index in [4.69, 9.17) is 11.6 Å². The fraction of sp³-hybridized carbons (Fsp3) is 0.619. The first-order chi connectivity index (χ1) is 13.3. The molecule has 0 spiro atoms. The molecule has 1 aromatic carbocycles. The van der Waals surface area contributed by atoms with Crippen LogP contribution in [0.25, 0.3) is 0 Å². The van der Waals surface area contributed by atoms with Gasteiger partial charge in [-0.1, -0.05) is 44.9 Å². The quantitative estimate of drug-likeness (QED) is 0.682. The smallest absolute Gasteiger partial charge is 0.362 e. The third kappa shape index (κ3) is 3.56. The number of carbonyl (C=O) groups is 1. The molecule has 0 unspecified atom stereocenters. The topological polar surface area (TPSA) is 52.9 Å². The number of carbonyl (C=O) groups excluding carboxylic acids is 1. The van der Waals surface area contributed by atoms with E-state index in [1.165, 1.54) is 12.1 Å². The van der Waals surface area contributed by atoms with E-state index in [-0.39, 0.29) is 39.1 Å². The van der Waals surface area contributed by atoms with Crippen molar-refractivity contribution in [2.75, 3.05) is 0 Å². The van der Waals surface area contributed by atoms with Gasteiger partial charge in [0.2, 0.25) is 0 Å². The second-order valence-electron chi connectivity index (χ2n) is 8.76. The Morgan fingerprint density at radius 2 is 2.03 bits per heavy atom. The minimum absolute atomic E-state index is 0.00537. The van der Waals surface area contributed by atoms with Crippen molar-refractivity contribution in [1.29, 1.82) is 0 Å². The van der Waals surface area contributed by atoms with Crippen molar-refractivity contribution < 1.29 is 23.1 Å². The number of rotatable bonds is 3. The number of hydrazone groups is 1. The van der Waals surface area contributed by atoms with Gasteiger partial charge < -0.3 is 5.11 Å². The van der Waals surface area contributed by atoms with Crippen molar-refractivity contribution in [3.63, 3.8) is 0 Å². The molecule has 3 atom stereocenters. The largest absolute Gasteiger partial charge is 0.439 e. The van der Waals surface area contributed by atoms with E-state index in [1.807, 2.05) is 20.8 Å². The molecular weight excluding hydrogens is 405 g/mol. The van der Waals surface area contributed by atoms with Crippen molar-refractivity contribution in [3.8, 4) is 0 Å². The van der Waals surface area contributed by atoms with E-state index in [9.17, 15) is 23.1 Å². The maximum absolute atomic E-state index is 14.1. The van der Waals surface area contributed by atoms with Gasteiger partial charge in [0.15, 0.2) is 0 Å². The first-order valence-corrected chi connectivity index (χ1v) is 10.2. The van der Waals surface area contributed by atoms with Crippen molar-refractivity contribution in [1.82, 2.24) is 5.01 Å². The van der Waals surface area contributed by atoms with Crippen LogP contribution in [0, 0.1) is 24.2 Å². The Labute approximate surface area is 173 Å². The third-order valence-corrected chi connectivity index (χ3v) is 7.16. The fourth-order valence-corrected chi connectivity index (χ4v) is 4.45. The Bertz CT molecular complexity index is 853. The average Bonchev–Trinajstić information content (AvgIpc) is 2.97. The lowest BCUT2D eigenvalue weighted by molar-refractivity contribution is -0.314. The zero-order chi connectivity index (χ0) is 21.8. The van der Waals surface area contributed by atoms with Crippen LogP contribution in [0.4, 0.5) is 13.2 Å². The van der Waals surface area contributed by atoms with Crippen molar-refractivity contribution in [2.24, 2.45) is 22.4 Å². The number of amides is 1. The molecule has 1 heterocycles. The number of nitrogens with zero attached hydrogens (tertiary/aromatic N) is 2. The molecule has 29 heavy (non-hydrogen) atoms. The molecule has 0 radical (unpaired) electrons. The lowest BCUT2D eigenvalue weighted by Crippen LogP contribution is -2.62. The summed E-state index contributed by atoms with van der Waals surface area (Å²) < 4.78 is 42.4. The third-order valence-electron chi connectivity index (χ3n) is 6.75. The lowest BCUT2D eigenvalue weighted by Gasteiger charge is -2.43. The van der Waals surface area contributed by atoms with Gasteiger partial charge in [0, 0.05) is 16.3 Å². The summed E-state index contributed by atoms with van der Waals surface area (Å²) in [6, 6.07) is 4.25. The fourth-order valence-electron chi connectivity index (χ4n) is 4.27. The molecule has 2 aliphatic rings. The van der Waals surface area contributed by atoms with Gasteiger partial charge in [-0.05, 0) is 55.2 Å². The van der Waals surface area contributed by atoms with Gasteiger partial charge in [-0.25, -0.2) is 0 Å². The van der Waals surface area contributed by atoms with Gasteiger partial charge in [-0.3, -0.25) is 4.79 Å². The van der Waals surface area contributed by atoms with E-state index < -0.39 is 23.7 Å². The molecule has 1 saturated carbocycles. The Hall–Kier alpha value is -1.60. The maximum atomic E-state index is 14.1. The summed E-state index contributed by atoms with van der Waals surface area (Å²) in [5, 5.41) is 15.4. The highest BCUT2D eigenvalue weighted by Gasteiger charge is 2.69. The number of halogens is 4. The van der Waals surface area contributed by atoms with Crippen LogP contribution < -0.4 is 0 Å². The maximum Gasteiger partial charge on any atom is 0.439 e. The normalized spacial score (nSPS) is 27.6. The monoisotopic (exact) mass is 430 g/mol. The standard InChI is InChI=1S/C21H26ClF3N2O2/c1-5-19(3,4)14-8-9-17-15(11-14)20(29,21(23,24)25)27(26-17)18(28)13-7-6-12(2)16(22)10-13/h6-7,10,14-15,29H,5,8-9,11H2,1-4H3/t14-,15-,20+/m1/s1. The van der Waals surface area contributed by atoms with Crippen molar-refractivity contribution in [2.45, 2.75) is 65.3 Å². The Balaban J connectivity index is 2.01. The number of aliphatic hydroxyl groups is 1. The summed E-state index contributed by atoms with van der Waals surface area (Å²) in [5.74, 6) is -2.29. The second kappa shape index (κ2) is 7.27. The first kappa shape index (κ1) is 22.1. The SMILES string of the molecule is CCC(C)(C)[C@@H]1CCC2=NN(C(=O)c3ccc(C)c(Cl)c3)[C@@](O)(C(F)(F)F)[C@@H]2C1. The highest BCUT2D eigenvalue weighted by Crippen LogP contribution is 2.52. The summed E-state index contributed by atoms with van der Waals surface area (Å²) in [5.41, 5.74) is -2.64. The number of hydrogen-bond acceptors (Lipinski definition) is 3. The van der Waals surface area contributed by atoms with Gasteiger partial charge >= 0.3 is 6.18 Å². The highest BCUT2D eigenvalue weighted by atomic mass is 35.5. The number of aryl methyl sites for hydroxylation is 1. The number of alkyl halides is 3. The molecule has 0 bridgehead atoms. The molecule has 160 valence electrons. The van der Waals surface area contributed by atoms with Crippen molar-refractivity contribution >= 4 is 23.2 Å². The predicted octanol–water partition coefficient (Wildman–Crippen LogP) is 5.56. The van der Waals surface area contributed by atoms with Crippen LogP contribution in [-0.2, 0) is 0 Å². The summed E-state index contributed by atoms with van der Waals surface area (Å²) in [6.45, 7) is 7.78. The molecule has 0 saturated heterocycles. The Morgan fingerprint density at radius 1 is 1.38 bits per heavy atom. The van der Waals surface area contributed by atoms with Gasteiger partial charge in [-0.2, -0.15) is 23.3 Å². The molecule has 4 nitrogen and oxygen atoms in total. The molecular formula is C21H26ClF3N2O2. The van der Waals surface area contributed by atoms with Gasteiger partial charge in [0.25, 0.3) is 11.6 Å². The van der Waals surface area contributed by atoms with Crippen LogP contribution in [0.5, 0.6) is 0 Å². The van der Waals surface area contributed by atoms with E-state index in [0.717, 1.165) is 6.42 Å². The van der Waals surface area contributed by atoms with E-state index >= 15 is 0 Å². The molecule has 1 fully saturated rings. The van der Waals surface area contributed by atoms with Crippen LogP contribution >= 0.6 is 11.6 Å². The minimum Gasteiger partial charge on any atom is -0.362 e. The van der Waals surface area contributed by atoms with Crippen LogP contribution in [0.3, 0.4) is 0 Å². The summed E-state index contributed by atoms with van der Waals surface area (Å²) in [4.78, 5) is 13.0. The van der Waals surface area contributed by atoms with E-state index in [2.05, 4.69) is 5.10 Å². The molecule has 1 aliphatic heterocycles. The minimum atomic E-state index is -5.05. The molecule has 3 rings (SSSR count). The average molecular weight is 431 g/mol. The summed E-state index contributed by atoms with van der Waals surface area (Å²) >= 11 is 6.04. The van der Waals surface area contributed by atoms with Crippen LogP contribution in [0.1, 0.15) is 62.4 Å². The molecule has 1 amide bonds. The van der Waals surface area contributed by atoms with Crippen LogP contribution in [0.15, 0.2) is 23.3 Å². The number of fused-ring (bicyclic) bond motifs is 1. The van der Waals surface area contributed by atoms with Gasteiger partial charge in [0.05, 0.1) is 5.92 Å². The molecule has 8 heteroatoms. The molecule has 0 aromatic heterocycles. The Morgan fingerprint density at radius 3 is 2.59 bits per heavy atom. The predicted molar refractivity (Wildman–Crippen MR) is 106 cm³/mol. The highest BCUT2D eigenvalue weighted by molar-refractivity contribution is 6.31. The van der Waals surface area contributed by atoms with Crippen LogP contribution in [0.2, 0.25) is 5.02 Å². The molecule has 1 N–H and O–H groups in total.